The molecule has 1 saturated carbocycles. The van der Waals surface area contributed by atoms with Gasteiger partial charge in [-0.2, -0.15) is 0 Å². The second-order valence-corrected chi connectivity index (χ2v) is 6.00. The highest BCUT2D eigenvalue weighted by Gasteiger charge is 2.28. The summed E-state index contributed by atoms with van der Waals surface area (Å²) >= 11 is 0. The van der Waals surface area contributed by atoms with Crippen LogP contribution in [0.15, 0.2) is 0 Å². The molecule has 1 atom stereocenters. The molecule has 2 N–H and O–H groups in total. The van der Waals surface area contributed by atoms with Crippen molar-refractivity contribution in [2.45, 2.75) is 59.3 Å². The van der Waals surface area contributed by atoms with Crippen molar-refractivity contribution in [1.29, 1.82) is 0 Å². The average molecular weight is 276 g/mol. The van der Waals surface area contributed by atoms with Crippen LogP contribution in [0, 0.1) is 12.8 Å². The van der Waals surface area contributed by atoms with Crippen LogP contribution in [0.3, 0.4) is 0 Å². The van der Waals surface area contributed by atoms with E-state index in [-0.39, 0.29) is 0 Å². The molecule has 2 rings (SSSR count). The second-order valence-electron chi connectivity index (χ2n) is 6.00. The van der Waals surface area contributed by atoms with Crippen LogP contribution in [0.25, 0.3) is 0 Å². The van der Waals surface area contributed by atoms with Crippen molar-refractivity contribution in [3.63, 3.8) is 0 Å². The van der Waals surface area contributed by atoms with Gasteiger partial charge in [0.1, 0.15) is 17.5 Å². The van der Waals surface area contributed by atoms with Crippen LogP contribution in [0.4, 0.5) is 11.6 Å². The number of anilines is 2. The quantitative estimate of drug-likeness (QED) is 0.755. The van der Waals surface area contributed by atoms with E-state index in [0.29, 0.717) is 11.8 Å². The third kappa shape index (κ3) is 3.84. The molecule has 0 radical (unpaired) electrons. The highest BCUT2D eigenvalue weighted by molar-refractivity contribution is 5.57. The predicted molar refractivity (Wildman–Crippen MR) is 85.5 cm³/mol. The van der Waals surface area contributed by atoms with Gasteiger partial charge >= 0.3 is 0 Å². The largest absolute Gasteiger partial charge is 0.370 e. The van der Waals surface area contributed by atoms with Crippen LogP contribution < -0.4 is 10.6 Å². The topological polar surface area (TPSA) is 49.8 Å². The Morgan fingerprint density at radius 1 is 1.15 bits per heavy atom. The summed E-state index contributed by atoms with van der Waals surface area (Å²) in [7, 11) is 0. The number of hydrogen-bond donors (Lipinski definition) is 2. The van der Waals surface area contributed by atoms with E-state index in [4.69, 9.17) is 9.97 Å². The van der Waals surface area contributed by atoms with Gasteiger partial charge in [-0.1, -0.05) is 27.2 Å². The zero-order valence-corrected chi connectivity index (χ0v) is 13.3. The first-order chi connectivity index (χ1) is 9.65. The van der Waals surface area contributed by atoms with Gasteiger partial charge in [0.05, 0.1) is 0 Å². The second kappa shape index (κ2) is 6.91. The van der Waals surface area contributed by atoms with E-state index in [1.54, 1.807) is 0 Å². The van der Waals surface area contributed by atoms with Gasteiger partial charge in [-0.15, -0.1) is 0 Å². The molecule has 0 spiro atoms. The van der Waals surface area contributed by atoms with Gasteiger partial charge in [-0.25, -0.2) is 9.97 Å². The van der Waals surface area contributed by atoms with Crippen molar-refractivity contribution < 1.29 is 0 Å². The van der Waals surface area contributed by atoms with Crippen LogP contribution in [-0.2, 0) is 0 Å². The van der Waals surface area contributed by atoms with Crippen LogP contribution >= 0.6 is 0 Å². The summed E-state index contributed by atoms with van der Waals surface area (Å²) in [6, 6.07) is 0. The molecule has 1 aliphatic carbocycles. The molecule has 0 aromatic carbocycles. The van der Waals surface area contributed by atoms with E-state index >= 15 is 0 Å². The molecule has 1 aliphatic rings. The average Bonchev–Trinajstić information content (AvgIpc) is 3.29. The summed E-state index contributed by atoms with van der Waals surface area (Å²) in [4.78, 5) is 9.46. The van der Waals surface area contributed by atoms with Crippen molar-refractivity contribution in [2.24, 2.45) is 5.92 Å². The predicted octanol–water partition coefficient (Wildman–Crippen LogP) is 3.94. The summed E-state index contributed by atoms with van der Waals surface area (Å²) < 4.78 is 0. The van der Waals surface area contributed by atoms with E-state index in [1.807, 2.05) is 0 Å². The zero-order chi connectivity index (χ0) is 14.5. The summed E-state index contributed by atoms with van der Waals surface area (Å²) in [6.07, 6.45) is 4.77. The molecule has 0 aliphatic heterocycles. The molecule has 112 valence electrons. The van der Waals surface area contributed by atoms with Gasteiger partial charge in [-0.05, 0) is 32.1 Å². The van der Waals surface area contributed by atoms with Gasteiger partial charge in [-0.3, -0.25) is 0 Å². The number of nitrogens with zero attached hydrogens (tertiary/aromatic N) is 2. The first kappa shape index (κ1) is 15.1. The maximum Gasteiger partial charge on any atom is 0.136 e. The zero-order valence-electron chi connectivity index (χ0n) is 13.3. The minimum absolute atomic E-state index is 0.585. The van der Waals surface area contributed by atoms with Crippen LogP contribution in [0.1, 0.15) is 63.8 Å². The highest BCUT2D eigenvalue weighted by atomic mass is 15.1. The Balaban J connectivity index is 2.16. The Kier molecular flexibility index (Phi) is 5.21. The lowest BCUT2D eigenvalue weighted by Crippen LogP contribution is -2.15. The molecule has 0 amide bonds. The van der Waals surface area contributed by atoms with Crippen LogP contribution in [0.5, 0.6) is 0 Å². The summed E-state index contributed by atoms with van der Waals surface area (Å²) in [6.45, 7) is 10.7. The van der Waals surface area contributed by atoms with Crippen molar-refractivity contribution in [3.8, 4) is 0 Å². The molecule has 4 heteroatoms. The standard InChI is InChI=1S/C16H28N4/c1-5-9-17-14-12(4)15(18-10-11(3)6-2)20-16(19-14)13-7-8-13/h11,13H,5-10H2,1-4H3,(H2,17,18,19,20). The monoisotopic (exact) mass is 276 g/mol. The Morgan fingerprint density at radius 3 is 2.35 bits per heavy atom. The molecule has 1 fully saturated rings. The van der Waals surface area contributed by atoms with E-state index in [2.05, 4.69) is 38.3 Å². The van der Waals surface area contributed by atoms with Crippen LogP contribution in [0.2, 0.25) is 0 Å². The van der Waals surface area contributed by atoms with Gasteiger partial charge in [0.25, 0.3) is 0 Å². The third-order valence-electron chi connectivity index (χ3n) is 3.96. The molecule has 0 bridgehead atoms. The molecule has 4 nitrogen and oxygen atoms in total. The molecule has 20 heavy (non-hydrogen) atoms. The van der Waals surface area contributed by atoms with Gasteiger partial charge in [0.15, 0.2) is 0 Å². The fourth-order valence-electron chi connectivity index (χ4n) is 2.06. The Labute approximate surface area is 122 Å². The normalized spacial score (nSPS) is 16.0. The van der Waals surface area contributed by atoms with E-state index in [0.717, 1.165) is 42.5 Å². The first-order valence-electron chi connectivity index (χ1n) is 8.01. The maximum absolute atomic E-state index is 4.75. The number of aromatic nitrogens is 2. The fourth-order valence-corrected chi connectivity index (χ4v) is 2.06. The minimum atomic E-state index is 0.585. The lowest BCUT2D eigenvalue weighted by Gasteiger charge is -2.16. The third-order valence-corrected chi connectivity index (χ3v) is 3.96. The summed E-state index contributed by atoms with van der Waals surface area (Å²) in [5.74, 6) is 4.29. The Hall–Kier alpha value is -1.32. The van der Waals surface area contributed by atoms with Gasteiger partial charge in [0.2, 0.25) is 0 Å². The molecular weight excluding hydrogens is 248 g/mol. The lowest BCUT2D eigenvalue weighted by atomic mass is 10.1. The first-order valence-corrected chi connectivity index (χ1v) is 8.01. The van der Waals surface area contributed by atoms with Crippen molar-refractivity contribution in [3.05, 3.63) is 11.4 Å². The molecule has 1 aromatic rings. The summed E-state index contributed by atoms with van der Waals surface area (Å²) in [5, 5.41) is 6.95. The lowest BCUT2D eigenvalue weighted by molar-refractivity contribution is 0.592. The maximum atomic E-state index is 4.75. The minimum Gasteiger partial charge on any atom is -0.370 e. The smallest absolute Gasteiger partial charge is 0.136 e. The number of nitrogens with one attached hydrogen (secondary N) is 2. The fraction of sp³-hybridized carbons (Fsp3) is 0.750. The Morgan fingerprint density at radius 2 is 1.80 bits per heavy atom. The Bertz CT molecular complexity index is 440. The van der Waals surface area contributed by atoms with Crippen molar-refractivity contribution >= 4 is 11.6 Å². The van der Waals surface area contributed by atoms with E-state index in [1.165, 1.54) is 19.3 Å². The van der Waals surface area contributed by atoms with E-state index in [9.17, 15) is 0 Å². The number of hydrogen-bond acceptors (Lipinski definition) is 4. The molecule has 1 heterocycles. The molecule has 1 aromatic heterocycles. The van der Waals surface area contributed by atoms with Crippen molar-refractivity contribution in [2.75, 3.05) is 23.7 Å². The molecule has 1 unspecified atom stereocenters. The summed E-state index contributed by atoms with van der Waals surface area (Å²) in [5.41, 5.74) is 1.14. The van der Waals surface area contributed by atoms with Crippen LogP contribution in [-0.4, -0.2) is 23.1 Å². The molecule has 0 saturated heterocycles. The van der Waals surface area contributed by atoms with Crippen molar-refractivity contribution in [1.82, 2.24) is 9.97 Å². The molecular formula is C16H28N4. The highest BCUT2D eigenvalue weighted by Crippen LogP contribution is 2.39. The van der Waals surface area contributed by atoms with Gasteiger partial charge < -0.3 is 10.6 Å². The van der Waals surface area contributed by atoms with Gasteiger partial charge in [0, 0.05) is 24.6 Å². The SMILES string of the molecule is CCCNc1nc(C2CC2)nc(NCC(C)CC)c1C. The number of rotatable bonds is 8. The van der Waals surface area contributed by atoms with E-state index < -0.39 is 0 Å².